The van der Waals surface area contributed by atoms with Crippen LogP contribution in [0.3, 0.4) is 0 Å². The van der Waals surface area contributed by atoms with Crippen molar-refractivity contribution >= 4 is 29.5 Å². The zero-order valence-corrected chi connectivity index (χ0v) is 15.2. The minimum absolute atomic E-state index is 0.000304. The number of carboxylic acid groups (broad SMARTS) is 1. The maximum absolute atomic E-state index is 11.7. The zero-order chi connectivity index (χ0) is 20.1. The highest BCUT2D eigenvalue weighted by Gasteiger charge is 2.16. The second-order valence-electron chi connectivity index (χ2n) is 5.76. The minimum atomic E-state index is -1.03. The highest BCUT2D eigenvalue weighted by molar-refractivity contribution is 5.82. The van der Waals surface area contributed by atoms with Crippen molar-refractivity contribution in [1.82, 2.24) is 10.2 Å². The highest BCUT2D eigenvalue weighted by atomic mass is 16.5. The van der Waals surface area contributed by atoms with E-state index in [4.69, 9.17) is 15.6 Å². The van der Waals surface area contributed by atoms with Crippen molar-refractivity contribution in [3.8, 4) is 0 Å². The van der Waals surface area contributed by atoms with Crippen molar-refractivity contribution in [3.63, 3.8) is 0 Å². The summed E-state index contributed by atoms with van der Waals surface area (Å²) in [6, 6.07) is -0.931. The molecule has 1 atom stereocenters. The van der Waals surface area contributed by atoms with Gasteiger partial charge in [-0.2, -0.15) is 0 Å². The fraction of sp³-hybridized carbons (Fsp3) is 0.688. The lowest BCUT2D eigenvalue weighted by molar-refractivity contribution is -0.146. The van der Waals surface area contributed by atoms with Gasteiger partial charge in [0.15, 0.2) is 0 Å². The van der Waals surface area contributed by atoms with Crippen LogP contribution >= 0.6 is 0 Å². The molecular weight excluding hydrogens is 346 g/mol. The molecule has 0 saturated carbocycles. The fourth-order valence-corrected chi connectivity index (χ4v) is 1.90. The molecule has 0 spiro atoms. The first kappa shape index (κ1) is 23.5. The molecule has 4 N–H and O–H groups in total. The topological polar surface area (TPSA) is 156 Å². The Labute approximate surface area is 152 Å². The van der Waals surface area contributed by atoms with Gasteiger partial charge in [-0.05, 0) is 13.3 Å². The van der Waals surface area contributed by atoms with Crippen LogP contribution in [-0.2, 0) is 28.7 Å². The molecule has 26 heavy (non-hydrogen) atoms. The molecule has 0 aromatic rings. The third-order valence-electron chi connectivity index (χ3n) is 3.44. The summed E-state index contributed by atoms with van der Waals surface area (Å²) in [4.78, 5) is 57.3. The van der Waals surface area contributed by atoms with E-state index < -0.39 is 23.9 Å². The third-order valence-corrected chi connectivity index (χ3v) is 3.44. The molecule has 148 valence electrons. The van der Waals surface area contributed by atoms with Crippen LogP contribution in [0.25, 0.3) is 0 Å². The van der Waals surface area contributed by atoms with Crippen molar-refractivity contribution in [3.05, 3.63) is 0 Å². The van der Waals surface area contributed by atoms with Crippen LogP contribution in [0.4, 0.5) is 0 Å². The summed E-state index contributed by atoms with van der Waals surface area (Å²) in [7, 11) is 0. The maximum Gasteiger partial charge on any atom is 0.306 e. The molecule has 0 unspecified atom stereocenters. The second kappa shape index (κ2) is 12.8. The number of rotatable bonds is 13. The lowest BCUT2D eigenvalue weighted by Crippen LogP contribution is -2.45. The third kappa shape index (κ3) is 12.0. The van der Waals surface area contributed by atoms with Crippen LogP contribution < -0.4 is 11.1 Å². The van der Waals surface area contributed by atoms with Crippen molar-refractivity contribution in [2.24, 2.45) is 5.73 Å². The molecule has 0 radical (unpaired) electrons. The molecule has 0 aliphatic rings. The predicted octanol–water partition coefficient (Wildman–Crippen LogP) is -0.944. The molecule has 2 amide bonds. The first-order valence-corrected chi connectivity index (χ1v) is 8.29. The van der Waals surface area contributed by atoms with Gasteiger partial charge >= 0.3 is 11.9 Å². The lowest BCUT2D eigenvalue weighted by atomic mass is 10.1. The van der Waals surface area contributed by atoms with Gasteiger partial charge in [0.2, 0.25) is 11.8 Å². The molecule has 0 saturated heterocycles. The number of carbonyl (C=O) groups is 5. The van der Waals surface area contributed by atoms with Crippen LogP contribution in [0.1, 0.15) is 39.5 Å². The van der Waals surface area contributed by atoms with Gasteiger partial charge in [0.1, 0.15) is 12.4 Å². The smallest absolute Gasteiger partial charge is 0.306 e. The second-order valence-corrected chi connectivity index (χ2v) is 5.76. The lowest BCUT2D eigenvalue weighted by Gasteiger charge is -2.21. The number of ether oxygens (including phenoxy) is 1. The SMILES string of the molecule is CC(=O)CCC(=O)OCCN(CCNC(=O)[C@@H](N)CCC(=O)O)C(C)=O. The number of carbonyl (C=O) groups excluding carboxylic acids is 4. The van der Waals surface area contributed by atoms with Crippen LogP contribution in [0.2, 0.25) is 0 Å². The largest absolute Gasteiger partial charge is 0.481 e. The maximum atomic E-state index is 11.7. The van der Waals surface area contributed by atoms with Crippen molar-refractivity contribution < 1.29 is 33.8 Å². The number of esters is 1. The van der Waals surface area contributed by atoms with Crippen LogP contribution in [-0.4, -0.2) is 71.8 Å². The number of hydrogen-bond donors (Lipinski definition) is 3. The van der Waals surface area contributed by atoms with Gasteiger partial charge in [-0.1, -0.05) is 0 Å². The fourth-order valence-electron chi connectivity index (χ4n) is 1.90. The van der Waals surface area contributed by atoms with E-state index in [0.717, 1.165) is 0 Å². The number of nitrogens with zero attached hydrogens (tertiary/aromatic N) is 1. The summed E-state index contributed by atoms with van der Waals surface area (Å²) in [6.07, 6.45) is -0.0694. The molecule has 0 aliphatic heterocycles. The molecular formula is C16H27N3O7. The number of aliphatic carboxylic acids is 1. The first-order valence-electron chi connectivity index (χ1n) is 8.29. The Morgan fingerprint density at radius 1 is 1.08 bits per heavy atom. The Balaban J connectivity index is 4.11. The van der Waals surface area contributed by atoms with Gasteiger partial charge in [0, 0.05) is 32.9 Å². The van der Waals surface area contributed by atoms with E-state index in [0.29, 0.717) is 0 Å². The normalized spacial score (nSPS) is 11.3. The Morgan fingerprint density at radius 2 is 1.73 bits per heavy atom. The Morgan fingerprint density at radius 3 is 2.27 bits per heavy atom. The molecule has 10 heteroatoms. The van der Waals surface area contributed by atoms with Crippen molar-refractivity contribution in [2.75, 3.05) is 26.2 Å². The van der Waals surface area contributed by atoms with E-state index in [1.807, 2.05) is 0 Å². The molecule has 0 fully saturated rings. The van der Waals surface area contributed by atoms with E-state index in [1.165, 1.54) is 18.7 Å². The predicted molar refractivity (Wildman–Crippen MR) is 91.0 cm³/mol. The highest BCUT2D eigenvalue weighted by Crippen LogP contribution is 1.97. The van der Waals surface area contributed by atoms with E-state index in [-0.39, 0.29) is 63.6 Å². The van der Waals surface area contributed by atoms with E-state index in [9.17, 15) is 24.0 Å². The minimum Gasteiger partial charge on any atom is -0.481 e. The van der Waals surface area contributed by atoms with E-state index in [2.05, 4.69) is 5.32 Å². The van der Waals surface area contributed by atoms with Gasteiger partial charge in [-0.25, -0.2) is 0 Å². The summed E-state index contributed by atoms with van der Waals surface area (Å²) in [6.45, 7) is 3.20. The molecule has 0 aromatic heterocycles. The van der Waals surface area contributed by atoms with Crippen LogP contribution in [0, 0.1) is 0 Å². The number of nitrogens with one attached hydrogen (secondary N) is 1. The zero-order valence-electron chi connectivity index (χ0n) is 15.2. The van der Waals surface area contributed by atoms with Gasteiger partial charge in [0.25, 0.3) is 0 Å². The van der Waals surface area contributed by atoms with Crippen molar-refractivity contribution in [2.45, 2.75) is 45.6 Å². The molecule has 0 heterocycles. The Kier molecular flexibility index (Phi) is 11.6. The van der Waals surface area contributed by atoms with Crippen LogP contribution in [0.15, 0.2) is 0 Å². The number of carboxylic acids is 1. The number of Topliss-reactive ketones (excluding diaryl/α,β-unsaturated/α-hetero) is 1. The standard InChI is InChI=1S/C16H27N3O7/c1-11(20)3-6-15(24)26-10-9-19(12(2)21)8-7-18-16(25)13(17)4-5-14(22)23/h13H,3-10,17H2,1-2H3,(H,18,25)(H,22,23)/t13-/m0/s1. The van der Waals surface area contributed by atoms with E-state index >= 15 is 0 Å². The molecule has 0 bridgehead atoms. The van der Waals surface area contributed by atoms with Gasteiger partial charge < -0.3 is 30.6 Å². The number of amides is 2. The summed E-state index contributed by atoms with van der Waals surface area (Å²) < 4.78 is 4.95. The Hall–Kier alpha value is -2.49. The summed E-state index contributed by atoms with van der Waals surface area (Å²) in [5.74, 6) is -2.40. The summed E-state index contributed by atoms with van der Waals surface area (Å²) >= 11 is 0. The average Bonchev–Trinajstić information content (AvgIpc) is 2.55. The molecule has 0 aromatic carbocycles. The number of hydrogen-bond acceptors (Lipinski definition) is 7. The van der Waals surface area contributed by atoms with Crippen molar-refractivity contribution in [1.29, 1.82) is 0 Å². The van der Waals surface area contributed by atoms with Gasteiger partial charge in [0.05, 0.1) is 19.0 Å². The molecule has 10 nitrogen and oxygen atoms in total. The quantitative estimate of drug-likeness (QED) is 0.349. The summed E-state index contributed by atoms with van der Waals surface area (Å²) in [5.41, 5.74) is 5.57. The molecule has 0 rings (SSSR count). The van der Waals surface area contributed by atoms with Gasteiger partial charge in [-0.3, -0.25) is 19.2 Å². The average molecular weight is 373 g/mol. The Bertz CT molecular complexity index is 522. The van der Waals surface area contributed by atoms with Crippen LogP contribution in [0.5, 0.6) is 0 Å². The monoisotopic (exact) mass is 373 g/mol. The number of nitrogens with two attached hydrogens (primary N) is 1. The first-order chi connectivity index (χ1) is 12.1. The number of ketones is 1. The molecule has 0 aliphatic carbocycles. The summed E-state index contributed by atoms with van der Waals surface area (Å²) in [5, 5.41) is 11.1. The van der Waals surface area contributed by atoms with Gasteiger partial charge in [-0.15, -0.1) is 0 Å². The van der Waals surface area contributed by atoms with E-state index in [1.54, 1.807) is 0 Å².